The van der Waals surface area contributed by atoms with Crippen LogP contribution < -0.4 is 15.4 Å². The van der Waals surface area contributed by atoms with Crippen LogP contribution >= 0.6 is 0 Å². The molecule has 0 spiro atoms. The van der Waals surface area contributed by atoms with Crippen molar-refractivity contribution >= 4 is 5.69 Å². The number of nitrogens with two attached hydrogens (primary N) is 1. The lowest BCUT2D eigenvalue weighted by atomic mass is 10.1. The SMILES string of the molecule is C[C@H](N)Cc1ccc2c(c1)N(C)CCO2. The molecule has 3 nitrogen and oxygen atoms in total. The topological polar surface area (TPSA) is 38.5 Å². The molecule has 0 radical (unpaired) electrons. The lowest BCUT2D eigenvalue weighted by Gasteiger charge is -2.28. The Labute approximate surface area is 90.8 Å². The monoisotopic (exact) mass is 206 g/mol. The van der Waals surface area contributed by atoms with Crippen molar-refractivity contribution < 1.29 is 4.74 Å². The molecule has 1 heterocycles. The second kappa shape index (κ2) is 4.11. The van der Waals surface area contributed by atoms with E-state index >= 15 is 0 Å². The summed E-state index contributed by atoms with van der Waals surface area (Å²) in [6.07, 6.45) is 0.918. The third-order valence-electron chi connectivity index (χ3n) is 2.68. The largest absolute Gasteiger partial charge is 0.490 e. The quantitative estimate of drug-likeness (QED) is 0.795. The van der Waals surface area contributed by atoms with E-state index in [1.54, 1.807) is 0 Å². The summed E-state index contributed by atoms with van der Waals surface area (Å²) in [5.41, 5.74) is 8.25. The molecule has 3 heteroatoms. The number of fused-ring (bicyclic) bond motifs is 1. The van der Waals surface area contributed by atoms with E-state index in [-0.39, 0.29) is 6.04 Å². The third kappa shape index (κ3) is 2.23. The zero-order valence-corrected chi connectivity index (χ0v) is 9.36. The second-order valence-electron chi connectivity index (χ2n) is 4.25. The van der Waals surface area contributed by atoms with Gasteiger partial charge in [-0.15, -0.1) is 0 Å². The molecule has 1 aliphatic heterocycles. The highest BCUT2D eigenvalue weighted by Crippen LogP contribution is 2.31. The molecule has 2 N–H and O–H groups in total. The number of anilines is 1. The molecule has 0 aromatic heterocycles. The maximum Gasteiger partial charge on any atom is 0.142 e. The molecule has 1 atom stereocenters. The first kappa shape index (κ1) is 10.3. The zero-order chi connectivity index (χ0) is 10.8. The molecule has 0 saturated carbocycles. The average Bonchev–Trinajstić information content (AvgIpc) is 2.18. The second-order valence-corrected chi connectivity index (χ2v) is 4.25. The van der Waals surface area contributed by atoms with Gasteiger partial charge in [-0.05, 0) is 31.0 Å². The van der Waals surface area contributed by atoms with Crippen LogP contribution in [0.3, 0.4) is 0 Å². The van der Waals surface area contributed by atoms with Gasteiger partial charge in [0.05, 0.1) is 12.2 Å². The summed E-state index contributed by atoms with van der Waals surface area (Å²) in [4.78, 5) is 2.23. The van der Waals surface area contributed by atoms with Crippen molar-refractivity contribution in [3.63, 3.8) is 0 Å². The molecule has 0 amide bonds. The Bertz CT molecular complexity index is 349. The van der Waals surface area contributed by atoms with Crippen LogP contribution in [0.1, 0.15) is 12.5 Å². The van der Waals surface area contributed by atoms with E-state index in [1.807, 2.05) is 13.0 Å². The summed E-state index contributed by atoms with van der Waals surface area (Å²) in [5.74, 6) is 0.983. The molecular formula is C12H18N2O. The number of hydrogen-bond donors (Lipinski definition) is 1. The Balaban J connectivity index is 2.27. The highest BCUT2D eigenvalue weighted by molar-refractivity contribution is 5.60. The fraction of sp³-hybridized carbons (Fsp3) is 0.500. The minimum atomic E-state index is 0.206. The lowest BCUT2D eigenvalue weighted by Crippen LogP contribution is -2.29. The van der Waals surface area contributed by atoms with Gasteiger partial charge in [0, 0.05) is 13.1 Å². The predicted octanol–water partition coefficient (Wildman–Crippen LogP) is 1.40. The highest BCUT2D eigenvalue weighted by atomic mass is 16.5. The number of rotatable bonds is 2. The van der Waals surface area contributed by atoms with Crippen molar-refractivity contribution in [3.05, 3.63) is 23.8 Å². The lowest BCUT2D eigenvalue weighted by molar-refractivity contribution is 0.311. The molecular weight excluding hydrogens is 188 g/mol. The maximum absolute atomic E-state index is 5.79. The van der Waals surface area contributed by atoms with Gasteiger partial charge in [-0.1, -0.05) is 6.07 Å². The Morgan fingerprint density at radius 3 is 3.07 bits per heavy atom. The van der Waals surface area contributed by atoms with Crippen LogP contribution in [0.5, 0.6) is 5.75 Å². The minimum absolute atomic E-state index is 0.206. The van der Waals surface area contributed by atoms with Gasteiger partial charge in [-0.2, -0.15) is 0 Å². The van der Waals surface area contributed by atoms with Crippen molar-refractivity contribution in [2.24, 2.45) is 5.73 Å². The van der Waals surface area contributed by atoms with Crippen molar-refractivity contribution in [1.29, 1.82) is 0 Å². The van der Waals surface area contributed by atoms with Gasteiger partial charge in [0.1, 0.15) is 12.4 Å². The molecule has 1 aromatic carbocycles. The Hall–Kier alpha value is -1.22. The van der Waals surface area contributed by atoms with E-state index in [2.05, 4.69) is 24.1 Å². The fourth-order valence-electron chi connectivity index (χ4n) is 1.90. The number of benzene rings is 1. The van der Waals surface area contributed by atoms with Gasteiger partial charge in [0.25, 0.3) is 0 Å². The minimum Gasteiger partial charge on any atom is -0.490 e. The first-order chi connectivity index (χ1) is 7.16. The van der Waals surface area contributed by atoms with Gasteiger partial charge in [0.15, 0.2) is 0 Å². The zero-order valence-electron chi connectivity index (χ0n) is 9.36. The third-order valence-corrected chi connectivity index (χ3v) is 2.68. The predicted molar refractivity (Wildman–Crippen MR) is 62.6 cm³/mol. The van der Waals surface area contributed by atoms with Gasteiger partial charge in [0.2, 0.25) is 0 Å². The normalized spacial score (nSPS) is 16.9. The van der Waals surface area contributed by atoms with Crippen LogP contribution in [0, 0.1) is 0 Å². The van der Waals surface area contributed by atoms with Gasteiger partial charge in [-0.3, -0.25) is 0 Å². The molecule has 1 aromatic rings. The number of ether oxygens (including phenoxy) is 1. The summed E-state index contributed by atoms with van der Waals surface area (Å²) in [6.45, 7) is 3.75. The summed E-state index contributed by atoms with van der Waals surface area (Å²) < 4.78 is 5.58. The van der Waals surface area contributed by atoms with Gasteiger partial charge < -0.3 is 15.4 Å². The molecule has 2 rings (SSSR count). The van der Waals surface area contributed by atoms with E-state index in [1.165, 1.54) is 11.3 Å². The van der Waals surface area contributed by atoms with E-state index in [9.17, 15) is 0 Å². The molecule has 0 aliphatic carbocycles. The summed E-state index contributed by atoms with van der Waals surface area (Å²) in [6, 6.07) is 6.53. The number of nitrogens with zero attached hydrogens (tertiary/aromatic N) is 1. The van der Waals surface area contributed by atoms with Crippen LogP contribution in [0.15, 0.2) is 18.2 Å². The van der Waals surface area contributed by atoms with E-state index < -0.39 is 0 Å². The van der Waals surface area contributed by atoms with Crippen molar-refractivity contribution in [1.82, 2.24) is 0 Å². The van der Waals surface area contributed by atoms with E-state index in [0.29, 0.717) is 0 Å². The van der Waals surface area contributed by atoms with Gasteiger partial charge >= 0.3 is 0 Å². The Morgan fingerprint density at radius 2 is 2.33 bits per heavy atom. The standard InChI is InChI=1S/C12H18N2O/c1-9(13)7-10-3-4-12-11(8-10)14(2)5-6-15-12/h3-4,8-9H,5-7,13H2,1-2H3/t9-/m0/s1. The van der Waals surface area contributed by atoms with Crippen LogP contribution in [-0.2, 0) is 6.42 Å². The van der Waals surface area contributed by atoms with Crippen molar-refractivity contribution in [3.8, 4) is 5.75 Å². The van der Waals surface area contributed by atoms with Crippen molar-refractivity contribution in [2.45, 2.75) is 19.4 Å². The fourth-order valence-corrected chi connectivity index (χ4v) is 1.90. The van der Waals surface area contributed by atoms with Crippen LogP contribution in [0.4, 0.5) is 5.69 Å². The van der Waals surface area contributed by atoms with Crippen molar-refractivity contribution in [2.75, 3.05) is 25.1 Å². The Kier molecular flexibility index (Phi) is 2.82. The first-order valence-electron chi connectivity index (χ1n) is 5.39. The van der Waals surface area contributed by atoms with Crippen LogP contribution in [-0.4, -0.2) is 26.2 Å². The molecule has 0 unspecified atom stereocenters. The maximum atomic E-state index is 5.79. The van der Waals surface area contributed by atoms with E-state index in [4.69, 9.17) is 10.5 Å². The molecule has 0 fully saturated rings. The Morgan fingerprint density at radius 1 is 1.53 bits per heavy atom. The summed E-state index contributed by atoms with van der Waals surface area (Å²) in [7, 11) is 2.09. The first-order valence-corrected chi connectivity index (χ1v) is 5.39. The average molecular weight is 206 g/mol. The molecule has 15 heavy (non-hydrogen) atoms. The molecule has 0 saturated heterocycles. The molecule has 0 bridgehead atoms. The van der Waals surface area contributed by atoms with Crippen LogP contribution in [0.2, 0.25) is 0 Å². The summed E-state index contributed by atoms with van der Waals surface area (Å²) >= 11 is 0. The smallest absolute Gasteiger partial charge is 0.142 e. The highest BCUT2D eigenvalue weighted by Gasteiger charge is 2.14. The number of hydrogen-bond acceptors (Lipinski definition) is 3. The summed E-state index contributed by atoms with van der Waals surface area (Å²) in [5, 5.41) is 0. The number of likely N-dealkylation sites (N-methyl/N-ethyl adjacent to an activating group) is 1. The van der Waals surface area contributed by atoms with Gasteiger partial charge in [-0.25, -0.2) is 0 Å². The van der Waals surface area contributed by atoms with Crippen LogP contribution in [0.25, 0.3) is 0 Å². The molecule has 82 valence electrons. The molecule has 1 aliphatic rings. The van der Waals surface area contributed by atoms with E-state index in [0.717, 1.165) is 25.3 Å².